The van der Waals surface area contributed by atoms with Crippen LogP contribution in [-0.4, -0.2) is 31.7 Å². The van der Waals surface area contributed by atoms with Gasteiger partial charge in [0.1, 0.15) is 0 Å². The Bertz CT molecular complexity index is 186. The van der Waals surface area contributed by atoms with Crippen LogP contribution in [0.3, 0.4) is 0 Å². The number of thiazole rings is 1. The molecule has 0 aliphatic rings. The molecule has 0 spiro atoms. The fourth-order valence-electron chi connectivity index (χ4n) is 0.916. The van der Waals surface area contributed by atoms with Crippen LogP contribution in [0.15, 0.2) is 10.9 Å². The van der Waals surface area contributed by atoms with Crippen LogP contribution in [-0.2, 0) is 6.42 Å². The van der Waals surface area contributed by atoms with Gasteiger partial charge in [0, 0.05) is 31.4 Å². The molecule has 0 saturated heterocycles. The predicted molar refractivity (Wildman–Crippen MR) is 52.6 cm³/mol. The van der Waals surface area contributed by atoms with E-state index < -0.39 is 0 Å². The molecule has 0 aliphatic carbocycles. The normalized spacial score (nSPS) is 10.4. The lowest BCUT2D eigenvalue weighted by Gasteiger charge is -2.01. The second-order valence-electron chi connectivity index (χ2n) is 2.58. The van der Waals surface area contributed by atoms with E-state index in [1.54, 1.807) is 11.3 Å². The predicted octanol–water partition coefficient (Wildman–Crippen LogP) is 0.495. The molecule has 0 amide bonds. The molecule has 1 rings (SSSR count). The first-order valence-corrected chi connectivity index (χ1v) is 5.10. The van der Waals surface area contributed by atoms with Crippen LogP contribution in [0, 0.1) is 0 Å². The molecule has 68 valence electrons. The average molecular weight is 185 g/mol. The van der Waals surface area contributed by atoms with Gasteiger partial charge >= 0.3 is 0 Å². The van der Waals surface area contributed by atoms with E-state index in [0.717, 1.165) is 26.1 Å². The Kier molecular flexibility index (Phi) is 4.91. The molecular formula is C8H15N3S. The quantitative estimate of drug-likeness (QED) is 0.634. The van der Waals surface area contributed by atoms with Crippen LogP contribution >= 0.6 is 11.3 Å². The van der Waals surface area contributed by atoms with Crippen molar-refractivity contribution in [2.75, 3.05) is 26.7 Å². The summed E-state index contributed by atoms with van der Waals surface area (Å²) >= 11 is 1.66. The lowest BCUT2D eigenvalue weighted by Crippen LogP contribution is -2.26. The second kappa shape index (κ2) is 6.11. The van der Waals surface area contributed by atoms with Crippen molar-refractivity contribution in [2.24, 2.45) is 0 Å². The van der Waals surface area contributed by atoms with Gasteiger partial charge in [-0.2, -0.15) is 0 Å². The lowest BCUT2D eigenvalue weighted by atomic mass is 10.3. The zero-order chi connectivity index (χ0) is 8.65. The van der Waals surface area contributed by atoms with Gasteiger partial charge in [0.2, 0.25) is 0 Å². The molecule has 0 aliphatic heterocycles. The van der Waals surface area contributed by atoms with Crippen molar-refractivity contribution in [2.45, 2.75) is 6.42 Å². The van der Waals surface area contributed by atoms with Crippen molar-refractivity contribution in [1.29, 1.82) is 0 Å². The van der Waals surface area contributed by atoms with E-state index in [-0.39, 0.29) is 0 Å². The van der Waals surface area contributed by atoms with Gasteiger partial charge in [-0.3, -0.25) is 0 Å². The largest absolute Gasteiger partial charge is 0.318 e. The molecule has 1 aromatic rings. The van der Waals surface area contributed by atoms with Gasteiger partial charge in [0.15, 0.2) is 0 Å². The van der Waals surface area contributed by atoms with Gasteiger partial charge < -0.3 is 10.6 Å². The minimum atomic E-state index is 1.02. The minimum absolute atomic E-state index is 1.02. The molecule has 0 bridgehead atoms. The summed E-state index contributed by atoms with van der Waals surface area (Å²) in [6, 6.07) is 0. The summed E-state index contributed by atoms with van der Waals surface area (Å²) in [5.41, 5.74) is 3.07. The van der Waals surface area contributed by atoms with Crippen LogP contribution in [0.5, 0.6) is 0 Å². The van der Waals surface area contributed by atoms with Crippen molar-refractivity contribution in [3.05, 3.63) is 16.6 Å². The molecule has 4 heteroatoms. The van der Waals surface area contributed by atoms with Crippen molar-refractivity contribution in [3.63, 3.8) is 0 Å². The Balaban J connectivity index is 1.96. The molecule has 12 heavy (non-hydrogen) atoms. The van der Waals surface area contributed by atoms with Crippen LogP contribution in [0.25, 0.3) is 0 Å². The van der Waals surface area contributed by atoms with Crippen LogP contribution < -0.4 is 10.6 Å². The summed E-state index contributed by atoms with van der Waals surface area (Å²) < 4.78 is 0. The summed E-state index contributed by atoms with van der Waals surface area (Å²) in [6.07, 6.45) is 1.03. The second-order valence-corrected chi connectivity index (χ2v) is 3.30. The highest BCUT2D eigenvalue weighted by Gasteiger charge is 1.92. The summed E-state index contributed by atoms with van der Waals surface area (Å²) in [6.45, 7) is 3.07. The molecule has 0 fully saturated rings. The number of nitrogens with zero attached hydrogens (tertiary/aromatic N) is 1. The SMILES string of the molecule is CNCCNCCc1cscn1. The lowest BCUT2D eigenvalue weighted by molar-refractivity contribution is 0.646. The van der Waals surface area contributed by atoms with E-state index >= 15 is 0 Å². The third kappa shape index (κ3) is 3.80. The average Bonchev–Trinajstić information content (AvgIpc) is 2.57. The number of hydrogen-bond donors (Lipinski definition) is 2. The molecule has 0 saturated carbocycles. The maximum absolute atomic E-state index is 4.20. The summed E-state index contributed by atoms with van der Waals surface area (Å²) in [5.74, 6) is 0. The van der Waals surface area contributed by atoms with E-state index in [1.807, 2.05) is 12.6 Å². The molecule has 2 N–H and O–H groups in total. The van der Waals surface area contributed by atoms with Gasteiger partial charge in [-0.05, 0) is 7.05 Å². The van der Waals surface area contributed by atoms with Crippen LogP contribution in [0.2, 0.25) is 0 Å². The highest BCUT2D eigenvalue weighted by atomic mass is 32.1. The minimum Gasteiger partial charge on any atom is -0.318 e. The molecular weight excluding hydrogens is 170 g/mol. The Morgan fingerprint density at radius 1 is 1.42 bits per heavy atom. The van der Waals surface area contributed by atoms with Gasteiger partial charge in [0.25, 0.3) is 0 Å². The Labute approximate surface area is 77.2 Å². The molecule has 3 nitrogen and oxygen atoms in total. The third-order valence-corrected chi connectivity index (χ3v) is 2.23. The molecule has 0 unspecified atom stereocenters. The Hall–Kier alpha value is -0.450. The molecule has 0 radical (unpaired) electrons. The third-order valence-electron chi connectivity index (χ3n) is 1.59. The zero-order valence-electron chi connectivity index (χ0n) is 7.34. The summed E-state index contributed by atoms with van der Waals surface area (Å²) in [4.78, 5) is 4.20. The Morgan fingerprint density at radius 3 is 3.00 bits per heavy atom. The number of aromatic nitrogens is 1. The maximum Gasteiger partial charge on any atom is 0.0794 e. The molecule has 0 atom stereocenters. The van der Waals surface area contributed by atoms with Crippen molar-refractivity contribution in [1.82, 2.24) is 15.6 Å². The fourth-order valence-corrected chi connectivity index (χ4v) is 1.51. The molecule has 1 heterocycles. The number of rotatable bonds is 6. The summed E-state index contributed by atoms with van der Waals surface area (Å²) in [7, 11) is 1.96. The molecule has 1 aromatic heterocycles. The Morgan fingerprint density at radius 2 is 2.33 bits per heavy atom. The highest BCUT2D eigenvalue weighted by Crippen LogP contribution is 2.00. The number of nitrogens with one attached hydrogen (secondary N) is 2. The maximum atomic E-state index is 4.20. The topological polar surface area (TPSA) is 37.0 Å². The van der Waals surface area contributed by atoms with E-state index in [9.17, 15) is 0 Å². The van der Waals surface area contributed by atoms with E-state index in [4.69, 9.17) is 0 Å². The smallest absolute Gasteiger partial charge is 0.0794 e. The van der Waals surface area contributed by atoms with Gasteiger partial charge in [-0.25, -0.2) is 4.98 Å². The highest BCUT2D eigenvalue weighted by molar-refractivity contribution is 7.07. The standard InChI is InChI=1S/C8H15N3S/c1-9-4-5-10-3-2-8-6-12-7-11-8/h6-7,9-10H,2-5H2,1H3. The first-order valence-electron chi connectivity index (χ1n) is 4.16. The first-order chi connectivity index (χ1) is 5.93. The zero-order valence-corrected chi connectivity index (χ0v) is 8.16. The van der Waals surface area contributed by atoms with E-state index in [0.29, 0.717) is 0 Å². The number of hydrogen-bond acceptors (Lipinski definition) is 4. The van der Waals surface area contributed by atoms with Gasteiger partial charge in [-0.15, -0.1) is 11.3 Å². The van der Waals surface area contributed by atoms with E-state index in [1.165, 1.54) is 5.69 Å². The number of likely N-dealkylation sites (N-methyl/N-ethyl adjacent to an activating group) is 1. The fraction of sp³-hybridized carbons (Fsp3) is 0.625. The van der Waals surface area contributed by atoms with Crippen LogP contribution in [0.4, 0.5) is 0 Å². The van der Waals surface area contributed by atoms with Gasteiger partial charge in [-0.1, -0.05) is 0 Å². The first kappa shape index (κ1) is 9.64. The molecule has 0 aromatic carbocycles. The summed E-state index contributed by atoms with van der Waals surface area (Å²) in [5, 5.41) is 8.51. The van der Waals surface area contributed by atoms with Crippen molar-refractivity contribution in [3.8, 4) is 0 Å². The van der Waals surface area contributed by atoms with Crippen LogP contribution in [0.1, 0.15) is 5.69 Å². The van der Waals surface area contributed by atoms with Crippen molar-refractivity contribution < 1.29 is 0 Å². The van der Waals surface area contributed by atoms with Gasteiger partial charge in [0.05, 0.1) is 11.2 Å². The monoisotopic (exact) mass is 185 g/mol. The van der Waals surface area contributed by atoms with E-state index in [2.05, 4.69) is 21.0 Å². The van der Waals surface area contributed by atoms with Crippen molar-refractivity contribution >= 4 is 11.3 Å².